The number of methoxy groups -OCH3 is 1. The molecular weight excluding hydrogens is 222 g/mol. The van der Waals surface area contributed by atoms with E-state index in [-0.39, 0.29) is 11.0 Å². The van der Waals surface area contributed by atoms with Crippen LogP contribution in [0.1, 0.15) is 39.7 Å². The zero-order valence-electron chi connectivity index (χ0n) is 12.2. The summed E-state index contributed by atoms with van der Waals surface area (Å²) >= 11 is 0. The highest BCUT2D eigenvalue weighted by atomic mass is 16.5. The Balaban J connectivity index is 2.06. The normalized spacial score (nSPS) is 27.1. The first-order chi connectivity index (χ1) is 8.37. The van der Waals surface area contributed by atoms with E-state index in [0.717, 1.165) is 12.3 Å². The van der Waals surface area contributed by atoms with Crippen molar-refractivity contribution in [2.45, 2.75) is 45.1 Å². The molecule has 1 aliphatic rings. The first-order valence-electron chi connectivity index (χ1n) is 6.75. The smallest absolute Gasteiger partial charge is 0.122 e. The Morgan fingerprint density at radius 1 is 1.33 bits per heavy atom. The highest BCUT2D eigenvalue weighted by Gasteiger charge is 2.52. The molecule has 1 N–H and O–H groups in total. The Labute approximate surface area is 111 Å². The van der Waals surface area contributed by atoms with E-state index in [9.17, 15) is 0 Å². The molecule has 0 heterocycles. The van der Waals surface area contributed by atoms with Gasteiger partial charge in [-0.05, 0) is 45.7 Å². The van der Waals surface area contributed by atoms with E-state index in [1.807, 2.05) is 6.07 Å². The molecule has 0 bridgehead atoms. The second-order valence-corrected chi connectivity index (χ2v) is 6.65. The maximum Gasteiger partial charge on any atom is 0.122 e. The summed E-state index contributed by atoms with van der Waals surface area (Å²) < 4.78 is 5.49. The fourth-order valence-corrected chi connectivity index (χ4v) is 2.63. The zero-order chi connectivity index (χ0) is 13.4. The van der Waals surface area contributed by atoms with Gasteiger partial charge in [0, 0.05) is 16.5 Å². The summed E-state index contributed by atoms with van der Waals surface area (Å²) in [6.07, 6.45) is 1.25. The first kappa shape index (κ1) is 13.4. The Kier molecular flexibility index (Phi) is 3.41. The van der Waals surface area contributed by atoms with E-state index in [4.69, 9.17) is 4.74 Å². The molecule has 1 fully saturated rings. The fourth-order valence-electron chi connectivity index (χ4n) is 2.63. The van der Waals surface area contributed by atoms with Crippen LogP contribution in [-0.2, 0) is 5.41 Å². The summed E-state index contributed by atoms with van der Waals surface area (Å²) in [4.78, 5) is 0. The highest BCUT2D eigenvalue weighted by Crippen LogP contribution is 2.56. The van der Waals surface area contributed by atoms with E-state index >= 15 is 0 Å². The van der Waals surface area contributed by atoms with Crippen molar-refractivity contribution in [1.82, 2.24) is 5.32 Å². The van der Waals surface area contributed by atoms with Gasteiger partial charge in [0.25, 0.3) is 0 Å². The van der Waals surface area contributed by atoms with E-state index in [1.54, 1.807) is 7.11 Å². The Morgan fingerprint density at radius 2 is 2.00 bits per heavy atom. The Bertz CT molecular complexity index is 421. The standard InChI is InChI=1S/C16H25NO/c1-15(2,3)17-11-12-10-16(12,4)13-8-6-7-9-14(13)18-5/h6-9,12,17H,10-11H2,1-5H3. The van der Waals surface area contributed by atoms with Gasteiger partial charge in [-0.3, -0.25) is 0 Å². The van der Waals surface area contributed by atoms with Crippen molar-refractivity contribution in [3.8, 4) is 5.75 Å². The molecule has 0 amide bonds. The predicted octanol–water partition coefficient (Wildman–Crippen LogP) is 3.36. The van der Waals surface area contributed by atoms with Gasteiger partial charge in [0.05, 0.1) is 7.11 Å². The molecular formula is C16H25NO. The number of para-hydroxylation sites is 1. The number of hydrogen-bond acceptors (Lipinski definition) is 2. The van der Waals surface area contributed by atoms with Crippen molar-refractivity contribution in [2.75, 3.05) is 13.7 Å². The van der Waals surface area contributed by atoms with Crippen molar-refractivity contribution in [2.24, 2.45) is 5.92 Å². The molecule has 1 aromatic rings. The van der Waals surface area contributed by atoms with Gasteiger partial charge >= 0.3 is 0 Å². The highest BCUT2D eigenvalue weighted by molar-refractivity contribution is 5.43. The van der Waals surface area contributed by atoms with E-state index in [1.165, 1.54) is 12.0 Å². The third-order valence-corrected chi connectivity index (χ3v) is 4.01. The summed E-state index contributed by atoms with van der Waals surface area (Å²) in [5.74, 6) is 1.74. The largest absolute Gasteiger partial charge is 0.496 e. The van der Waals surface area contributed by atoms with E-state index < -0.39 is 0 Å². The molecule has 0 saturated heterocycles. The summed E-state index contributed by atoms with van der Waals surface area (Å²) in [5, 5.41) is 3.61. The quantitative estimate of drug-likeness (QED) is 0.881. The van der Waals surface area contributed by atoms with Crippen molar-refractivity contribution >= 4 is 0 Å². The molecule has 100 valence electrons. The van der Waals surface area contributed by atoms with Crippen molar-refractivity contribution < 1.29 is 4.74 Å². The van der Waals surface area contributed by atoms with Crippen LogP contribution in [0.15, 0.2) is 24.3 Å². The van der Waals surface area contributed by atoms with Gasteiger partial charge in [-0.2, -0.15) is 0 Å². The number of nitrogens with one attached hydrogen (secondary N) is 1. The Hall–Kier alpha value is -1.02. The van der Waals surface area contributed by atoms with Crippen LogP contribution < -0.4 is 10.1 Å². The van der Waals surface area contributed by atoms with Crippen LogP contribution in [0.4, 0.5) is 0 Å². The lowest BCUT2D eigenvalue weighted by molar-refractivity contribution is 0.392. The first-order valence-corrected chi connectivity index (χ1v) is 6.75. The van der Waals surface area contributed by atoms with Gasteiger partial charge in [-0.25, -0.2) is 0 Å². The van der Waals surface area contributed by atoms with Crippen LogP contribution in [-0.4, -0.2) is 19.2 Å². The summed E-state index contributed by atoms with van der Waals surface area (Å²) in [7, 11) is 1.76. The monoisotopic (exact) mass is 247 g/mol. The van der Waals surface area contributed by atoms with Gasteiger partial charge in [-0.15, -0.1) is 0 Å². The van der Waals surface area contributed by atoms with Gasteiger partial charge < -0.3 is 10.1 Å². The second kappa shape index (κ2) is 4.58. The lowest BCUT2D eigenvalue weighted by Crippen LogP contribution is -2.37. The molecule has 2 nitrogen and oxygen atoms in total. The molecule has 1 saturated carbocycles. The maximum atomic E-state index is 5.49. The molecule has 1 aromatic carbocycles. The Morgan fingerprint density at radius 3 is 2.61 bits per heavy atom. The van der Waals surface area contributed by atoms with Crippen molar-refractivity contribution in [3.63, 3.8) is 0 Å². The SMILES string of the molecule is COc1ccccc1C1(C)CC1CNC(C)(C)C. The van der Waals surface area contributed by atoms with Gasteiger partial charge in [0.15, 0.2) is 0 Å². The number of ether oxygens (including phenoxy) is 1. The molecule has 18 heavy (non-hydrogen) atoms. The van der Waals surface area contributed by atoms with Crippen LogP contribution >= 0.6 is 0 Å². The zero-order valence-corrected chi connectivity index (χ0v) is 12.2. The topological polar surface area (TPSA) is 21.3 Å². The molecule has 0 aromatic heterocycles. The molecule has 2 atom stereocenters. The lowest BCUT2D eigenvalue weighted by atomic mass is 9.94. The summed E-state index contributed by atoms with van der Waals surface area (Å²) in [6.45, 7) is 10.1. The third-order valence-electron chi connectivity index (χ3n) is 4.01. The van der Waals surface area contributed by atoms with Crippen LogP contribution in [0.5, 0.6) is 5.75 Å². The van der Waals surface area contributed by atoms with E-state index in [0.29, 0.717) is 5.92 Å². The van der Waals surface area contributed by atoms with Gasteiger partial charge in [-0.1, -0.05) is 25.1 Å². The molecule has 0 spiro atoms. The molecule has 2 rings (SSSR count). The summed E-state index contributed by atoms with van der Waals surface area (Å²) in [6, 6.07) is 8.41. The molecule has 0 radical (unpaired) electrons. The second-order valence-electron chi connectivity index (χ2n) is 6.65. The fraction of sp³-hybridized carbons (Fsp3) is 0.625. The molecule has 0 aliphatic heterocycles. The van der Waals surface area contributed by atoms with Crippen LogP contribution in [0.25, 0.3) is 0 Å². The van der Waals surface area contributed by atoms with Crippen LogP contribution in [0, 0.1) is 5.92 Å². The average Bonchev–Trinajstić information content (AvgIpc) is 2.98. The lowest BCUT2D eigenvalue weighted by Gasteiger charge is -2.22. The van der Waals surface area contributed by atoms with Crippen LogP contribution in [0.3, 0.4) is 0 Å². The van der Waals surface area contributed by atoms with Gasteiger partial charge in [0.2, 0.25) is 0 Å². The van der Waals surface area contributed by atoms with E-state index in [2.05, 4.69) is 51.2 Å². The third kappa shape index (κ3) is 2.69. The minimum Gasteiger partial charge on any atom is -0.496 e. The number of hydrogen-bond donors (Lipinski definition) is 1. The minimum atomic E-state index is 0.199. The maximum absolute atomic E-state index is 5.49. The van der Waals surface area contributed by atoms with Crippen LogP contribution in [0.2, 0.25) is 0 Å². The summed E-state index contributed by atoms with van der Waals surface area (Å²) in [5.41, 5.74) is 1.84. The van der Waals surface area contributed by atoms with Crippen molar-refractivity contribution in [3.05, 3.63) is 29.8 Å². The molecule has 2 unspecified atom stereocenters. The average molecular weight is 247 g/mol. The predicted molar refractivity (Wildman–Crippen MR) is 76.2 cm³/mol. The molecule has 2 heteroatoms. The minimum absolute atomic E-state index is 0.199. The number of benzene rings is 1. The van der Waals surface area contributed by atoms with Crippen molar-refractivity contribution in [1.29, 1.82) is 0 Å². The molecule has 1 aliphatic carbocycles. The van der Waals surface area contributed by atoms with Gasteiger partial charge in [0.1, 0.15) is 5.75 Å². The number of rotatable bonds is 4.